The van der Waals surface area contributed by atoms with Crippen LogP contribution in [-0.4, -0.2) is 35.3 Å². The minimum atomic E-state index is -3.68. The Morgan fingerprint density at radius 3 is 2.33 bits per heavy atom. The first-order valence-corrected chi connectivity index (χ1v) is 7.12. The molecule has 0 spiro atoms. The summed E-state index contributed by atoms with van der Waals surface area (Å²) in [5.74, 6) is 0.635. The Hall–Kier alpha value is -1.11. The third-order valence-corrected chi connectivity index (χ3v) is 3.48. The van der Waals surface area contributed by atoms with E-state index >= 15 is 0 Å². The molecule has 0 aliphatic carbocycles. The van der Waals surface area contributed by atoms with Crippen LogP contribution in [-0.2, 0) is 19.0 Å². The van der Waals surface area contributed by atoms with Crippen LogP contribution in [0.1, 0.15) is 13.3 Å². The lowest BCUT2D eigenvalue weighted by Gasteiger charge is -2.07. The quantitative estimate of drug-likeness (QED) is 0.534. The third-order valence-electron chi connectivity index (χ3n) is 2.15. The van der Waals surface area contributed by atoms with Gasteiger partial charge in [-0.15, -0.1) is 0 Å². The summed E-state index contributed by atoms with van der Waals surface area (Å²) in [6.45, 7) is 2.99. The Balaban J connectivity index is 2.61. The van der Waals surface area contributed by atoms with E-state index in [1.54, 1.807) is 19.2 Å². The summed E-state index contributed by atoms with van der Waals surface area (Å²) in [5.41, 5.74) is 0. The van der Waals surface area contributed by atoms with Crippen LogP contribution in [0.3, 0.4) is 0 Å². The topological polar surface area (TPSA) is 61.8 Å². The van der Waals surface area contributed by atoms with Crippen LogP contribution in [0.4, 0.5) is 0 Å². The number of benzene rings is 1. The summed E-state index contributed by atoms with van der Waals surface area (Å²) in [5, 5.41) is 0. The third kappa shape index (κ3) is 4.64. The van der Waals surface area contributed by atoms with Gasteiger partial charge >= 0.3 is 0 Å². The van der Waals surface area contributed by atoms with E-state index in [2.05, 4.69) is 0 Å². The van der Waals surface area contributed by atoms with Gasteiger partial charge in [0.25, 0.3) is 10.1 Å². The van der Waals surface area contributed by atoms with Gasteiger partial charge in [0.15, 0.2) is 0 Å². The molecule has 18 heavy (non-hydrogen) atoms. The molecule has 0 aromatic heterocycles. The van der Waals surface area contributed by atoms with Crippen LogP contribution >= 0.6 is 0 Å². The number of hydrogen-bond acceptors (Lipinski definition) is 5. The molecule has 0 saturated heterocycles. The monoisotopic (exact) mass is 274 g/mol. The Morgan fingerprint density at radius 1 is 1.11 bits per heavy atom. The lowest BCUT2D eigenvalue weighted by Crippen LogP contribution is -2.09. The molecule has 0 saturated carbocycles. The summed E-state index contributed by atoms with van der Waals surface area (Å²) in [6.07, 6.45) is 0.534. The zero-order valence-corrected chi connectivity index (χ0v) is 11.4. The minimum Gasteiger partial charge on any atom is -0.494 e. The molecule has 0 atom stereocenters. The summed E-state index contributed by atoms with van der Waals surface area (Å²) < 4.78 is 38.4. The second kappa shape index (κ2) is 7.35. The smallest absolute Gasteiger partial charge is 0.296 e. The van der Waals surface area contributed by atoms with E-state index < -0.39 is 10.1 Å². The minimum absolute atomic E-state index is 0.114. The summed E-state index contributed by atoms with van der Waals surface area (Å²) in [7, 11) is -2.13. The van der Waals surface area contributed by atoms with Crippen molar-refractivity contribution in [3.8, 4) is 5.75 Å². The van der Waals surface area contributed by atoms with Crippen molar-refractivity contribution in [1.29, 1.82) is 0 Å². The molecule has 102 valence electrons. The highest BCUT2D eigenvalue weighted by molar-refractivity contribution is 7.86. The molecule has 6 heteroatoms. The second-order valence-electron chi connectivity index (χ2n) is 3.53. The highest BCUT2D eigenvalue weighted by atomic mass is 32.2. The van der Waals surface area contributed by atoms with Crippen LogP contribution in [0.5, 0.6) is 5.75 Å². The van der Waals surface area contributed by atoms with Crippen molar-refractivity contribution in [2.75, 3.05) is 26.9 Å². The van der Waals surface area contributed by atoms with Gasteiger partial charge in [0.05, 0.1) is 18.1 Å². The van der Waals surface area contributed by atoms with E-state index in [-0.39, 0.29) is 11.5 Å². The van der Waals surface area contributed by atoms with Gasteiger partial charge in [-0.1, -0.05) is 0 Å². The first kappa shape index (κ1) is 14.9. The molecule has 1 rings (SSSR count). The Labute approximate surface area is 108 Å². The van der Waals surface area contributed by atoms with E-state index in [9.17, 15) is 8.42 Å². The molecule has 1 aromatic rings. The van der Waals surface area contributed by atoms with E-state index in [0.29, 0.717) is 25.4 Å². The first-order chi connectivity index (χ1) is 8.60. The second-order valence-corrected chi connectivity index (χ2v) is 5.14. The molecule has 0 heterocycles. The molecule has 0 unspecified atom stereocenters. The van der Waals surface area contributed by atoms with Gasteiger partial charge < -0.3 is 9.47 Å². The molecular formula is C12H18O5S. The molecular weight excluding hydrogens is 256 g/mol. The Morgan fingerprint density at radius 2 is 1.78 bits per heavy atom. The Kier molecular flexibility index (Phi) is 6.11. The predicted molar refractivity (Wildman–Crippen MR) is 67.2 cm³/mol. The summed E-state index contributed by atoms with van der Waals surface area (Å²) >= 11 is 0. The number of ether oxygens (including phenoxy) is 2. The van der Waals surface area contributed by atoms with Gasteiger partial charge in [0.2, 0.25) is 0 Å². The molecule has 0 fully saturated rings. The molecule has 0 radical (unpaired) electrons. The molecule has 5 nitrogen and oxygen atoms in total. The standard InChI is InChI=1S/C12H18O5S/c1-3-16-11-5-7-12(8-6-11)18(13,14)17-10-4-9-15-2/h5-8H,3-4,9-10H2,1-2H3. The van der Waals surface area contributed by atoms with E-state index in [4.69, 9.17) is 13.7 Å². The van der Waals surface area contributed by atoms with Gasteiger partial charge in [0, 0.05) is 13.7 Å². The van der Waals surface area contributed by atoms with E-state index in [0.717, 1.165) is 0 Å². The maximum atomic E-state index is 11.8. The number of methoxy groups -OCH3 is 1. The van der Waals surface area contributed by atoms with Crippen molar-refractivity contribution < 1.29 is 22.1 Å². The summed E-state index contributed by atoms with van der Waals surface area (Å²) in [6, 6.07) is 6.15. The predicted octanol–water partition coefficient (Wildman–Crippen LogP) is 1.83. The van der Waals surface area contributed by atoms with Crippen molar-refractivity contribution in [1.82, 2.24) is 0 Å². The molecule has 0 N–H and O–H groups in total. The van der Waals surface area contributed by atoms with Gasteiger partial charge in [-0.3, -0.25) is 4.18 Å². The van der Waals surface area contributed by atoms with Crippen molar-refractivity contribution in [2.24, 2.45) is 0 Å². The van der Waals surface area contributed by atoms with Crippen molar-refractivity contribution >= 4 is 10.1 Å². The van der Waals surface area contributed by atoms with Crippen molar-refractivity contribution in [3.05, 3.63) is 24.3 Å². The maximum Gasteiger partial charge on any atom is 0.296 e. The molecule has 0 amide bonds. The molecule has 0 aliphatic rings. The zero-order valence-electron chi connectivity index (χ0n) is 10.6. The number of rotatable bonds is 8. The normalized spacial score (nSPS) is 11.4. The average molecular weight is 274 g/mol. The van der Waals surface area contributed by atoms with Gasteiger partial charge in [-0.25, -0.2) is 0 Å². The van der Waals surface area contributed by atoms with Crippen LogP contribution in [0.15, 0.2) is 29.2 Å². The van der Waals surface area contributed by atoms with Crippen molar-refractivity contribution in [2.45, 2.75) is 18.2 Å². The average Bonchev–Trinajstić information content (AvgIpc) is 2.36. The van der Waals surface area contributed by atoms with Crippen LogP contribution < -0.4 is 4.74 Å². The van der Waals surface area contributed by atoms with Gasteiger partial charge in [-0.2, -0.15) is 8.42 Å². The van der Waals surface area contributed by atoms with Gasteiger partial charge in [0.1, 0.15) is 5.75 Å². The first-order valence-electron chi connectivity index (χ1n) is 5.71. The SMILES string of the molecule is CCOc1ccc(S(=O)(=O)OCCCOC)cc1. The largest absolute Gasteiger partial charge is 0.494 e. The fourth-order valence-electron chi connectivity index (χ4n) is 1.31. The highest BCUT2D eigenvalue weighted by Crippen LogP contribution is 2.17. The fourth-order valence-corrected chi connectivity index (χ4v) is 2.25. The lowest BCUT2D eigenvalue weighted by molar-refractivity contribution is 0.174. The van der Waals surface area contributed by atoms with Crippen LogP contribution in [0.2, 0.25) is 0 Å². The molecule has 1 aromatic carbocycles. The Bertz CT molecular complexity index is 438. The van der Waals surface area contributed by atoms with Crippen LogP contribution in [0, 0.1) is 0 Å². The fraction of sp³-hybridized carbons (Fsp3) is 0.500. The molecule has 0 bridgehead atoms. The van der Waals surface area contributed by atoms with E-state index in [1.807, 2.05) is 6.92 Å². The lowest BCUT2D eigenvalue weighted by atomic mass is 10.3. The molecule has 0 aliphatic heterocycles. The van der Waals surface area contributed by atoms with Crippen LogP contribution in [0.25, 0.3) is 0 Å². The number of hydrogen-bond donors (Lipinski definition) is 0. The van der Waals surface area contributed by atoms with E-state index in [1.165, 1.54) is 12.1 Å². The van der Waals surface area contributed by atoms with Crippen molar-refractivity contribution in [3.63, 3.8) is 0 Å². The van der Waals surface area contributed by atoms with Gasteiger partial charge in [-0.05, 0) is 37.6 Å². The zero-order chi connectivity index (χ0) is 13.4. The summed E-state index contributed by atoms with van der Waals surface area (Å²) in [4.78, 5) is 0.128. The maximum absolute atomic E-state index is 11.8. The highest BCUT2D eigenvalue weighted by Gasteiger charge is 2.14.